The summed E-state index contributed by atoms with van der Waals surface area (Å²) in [5, 5.41) is 19.8. The molecule has 2 rings (SSSR count). The van der Waals surface area contributed by atoms with E-state index in [1.807, 2.05) is 6.20 Å². The lowest BCUT2D eigenvalue weighted by molar-refractivity contribution is 0.0697. The molecule has 0 saturated carbocycles. The van der Waals surface area contributed by atoms with Gasteiger partial charge in [0.1, 0.15) is 0 Å². The Kier molecular flexibility index (Phi) is 4.34. The standard InChI is InChI=1S/C18H25NO3/c1-11(2)14-10-19(6-7-20)16-13(14)8-12(17(21)22)9-15(16)18(3,4)5/h8-11,20H,6-7H2,1-5H3,(H,21,22). The number of hydrogen-bond acceptors (Lipinski definition) is 2. The van der Waals surface area contributed by atoms with Crippen LogP contribution >= 0.6 is 0 Å². The van der Waals surface area contributed by atoms with E-state index in [4.69, 9.17) is 0 Å². The van der Waals surface area contributed by atoms with Crippen molar-refractivity contribution in [3.05, 3.63) is 35.0 Å². The number of nitrogens with zero attached hydrogens (tertiary/aromatic N) is 1. The number of fused-ring (bicyclic) bond motifs is 1. The first-order chi connectivity index (χ1) is 10.2. The minimum atomic E-state index is -0.906. The number of aliphatic hydroxyl groups excluding tert-OH is 1. The maximum Gasteiger partial charge on any atom is 0.335 e. The van der Waals surface area contributed by atoms with Gasteiger partial charge in [0.15, 0.2) is 0 Å². The van der Waals surface area contributed by atoms with Crippen molar-refractivity contribution in [2.45, 2.75) is 52.5 Å². The molecule has 0 aliphatic carbocycles. The number of rotatable bonds is 4. The zero-order valence-electron chi connectivity index (χ0n) is 14.0. The van der Waals surface area contributed by atoms with Gasteiger partial charge in [-0.05, 0) is 34.6 Å². The highest BCUT2D eigenvalue weighted by molar-refractivity contribution is 5.97. The number of aliphatic hydroxyl groups is 1. The third-order valence-corrected chi connectivity index (χ3v) is 4.02. The van der Waals surface area contributed by atoms with E-state index in [2.05, 4.69) is 39.2 Å². The van der Waals surface area contributed by atoms with Gasteiger partial charge in [0.05, 0.1) is 17.7 Å². The van der Waals surface area contributed by atoms with Crippen LogP contribution in [0.3, 0.4) is 0 Å². The van der Waals surface area contributed by atoms with Crippen LogP contribution in [0.5, 0.6) is 0 Å². The van der Waals surface area contributed by atoms with Gasteiger partial charge in [-0.25, -0.2) is 4.79 Å². The first-order valence-electron chi connectivity index (χ1n) is 7.68. The van der Waals surface area contributed by atoms with Crippen LogP contribution in [-0.2, 0) is 12.0 Å². The van der Waals surface area contributed by atoms with Crippen molar-refractivity contribution in [3.63, 3.8) is 0 Å². The lowest BCUT2D eigenvalue weighted by Crippen LogP contribution is -2.15. The van der Waals surface area contributed by atoms with Gasteiger partial charge in [-0.15, -0.1) is 0 Å². The van der Waals surface area contributed by atoms with Gasteiger partial charge < -0.3 is 14.8 Å². The number of carboxylic acids is 1. The molecule has 1 aromatic heterocycles. The summed E-state index contributed by atoms with van der Waals surface area (Å²) < 4.78 is 2.05. The normalized spacial score (nSPS) is 12.3. The molecule has 120 valence electrons. The quantitative estimate of drug-likeness (QED) is 0.904. The molecule has 0 atom stereocenters. The van der Waals surface area contributed by atoms with Gasteiger partial charge in [-0.3, -0.25) is 0 Å². The minimum Gasteiger partial charge on any atom is -0.478 e. The lowest BCUT2D eigenvalue weighted by atomic mass is 9.84. The van der Waals surface area contributed by atoms with Crippen molar-refractivity contribution >= 4 is 16.9 Å². The Morgan fingerprint density at radius 2 is 1.91 bits per heavy atom. The lowest BCUT2D eigenvalue weighted by Gasteiger charge is -2.22. The van der Waals surface area contributed by atoms with Crippen LogP contribution in [0.25, 0.3) is 10.9 Å². The molecule has 2 aromatic rings. The maximum atomic E-state index is 11.5. The maximum absolute atomic E-state index is 11.5. The molecular weight excluding hydrogens is 278 g/mol. The SMILES string of the molecule is CC(C)c1cn(CCO)c2c(C(C)(C)C)cc(C(=O)O)cc12. The van der Waals surface area contributed by atoms with Crippen molar-refractivity contribution < 1.29 is 15.0 Å². The fourth-order valence-corrected chi connectivity index (χ4v) is 2.91. The average molecular weight is 303 g/mol. The summed E-state index contributed by atoms with van der Waals surface area (Å²) >= 11 is 0. The van der Waals surface area contributed by atoms with Gasteiger partial charge in [0.2, 0.25) is 0 Å². The number of aromatic nitrogens is 1. The molecule has 0 spiro atoms. The number of benzene rings is 1. The molecule has 4 nitrogen and oxygen atoms in total. The molecule has 0 saturated heterocycles. The molecule has 2 N–H and O–H groups in total. The van der Waals surface area contributed by atoms with Crippen LogP contribution in [0, 0.1) is 0 Å². The van der Waals surface area contributed by atoms with E-state index in [1.165, 1.54) is 0 Å². The van der Waals surface area contributed by atoms with Crippen molar-refractivity contribution in [3.8, 4) is 0 Å². The Bertz CT molecular complexity index is 705. The predicted molar refractivity (Wildman–Crippen MR) is 88.8 cm³/mol. The number of carboxylic acid groups (broad SMARTS) is 1. The molecule has 0 amide bonds. The fraction of sp³-hybridized carbons (Fsp3) is 0.500. The van der Waals surface area contributed by atoms with Crippen LogP contribution in [0.1, 0.15) is 62.0 Å². The first-order valence-corrected chi connectivity index (χ1v) is 7.68. The minimum absolute atomic E-state index is 0.0611. The molecule has 1 aromatic carbocycles. The molecule has 0 radical (unpaired) electrons. The number of aromatic carboxylic acids is 1. The molecule has 0 aliphatic heterocycles. The van der Waals surface area contributed by atoms with Crippen molar-refractivity contribution in [1.29, 1.82) is 0 Å². The van der Waals surface area contributed by atoms with Crippen LogP contribution < -0.4 is 0 Å². The average Bonchev–Trinajstić information content (AvgIpc) is 2.76. The van der Waals surface area contributed by atoms with E-state index in [0.717, 1.165) is 22.0 Å². The van der Waals surface area contributed by atoms with Crippen LogP contribution in [0.2, 0.25) is 0 Å². The van der Waals surface area contributed by atoms with Gasteiger partial charge in [0.25, 0.3) is 0 Å². The smallest absolute Gasteiger partial charge is 0.335 e. The Morgan fingerprint density at radius 3 is 2.36 bits per heavy atom. The largest absolute Gasteiger partial charge is 0.478 e. The van der Waals surface area contributed by atoms with Crippen molar-refractivity contribution in [2.24, 2.45) is 0 Å². The second kappa shape index (κ2) is 5.76. The third-order valence-electron chi connectivity index (χ3n) is 4.02. The summed E-state index contributed by atoms with van der Waals surface area (Å²) in [6.07, 6.45) is 2.05. The molecule has 4 heteroatoms. The highest BCUT2D eigenvalue weighted by atomic mass is 16.4. The van der Waals surface area contributed by atoms with E-state index in [-0.39, 0.29) is 12.0 Å². The van der Waals surface area contributed by atoms with Gasteiger partial charge in [0, 0.05) is 18.1 Å². The van der Waals surface area contributed by atoms with Crippen LogP contribution in [0.15, 0.2) is 18.3 Å². The Hall–Kier alpha value is -1.81. The summed E-state index contributed by atoms with van der Waals surface area (Å²) in [5.41, 5.74) is 3.31. The van der Waals surface area contributed by atoms with E-state index in [0.29, 0.717) is 18.0 Å². The highest BCUT2D eigenvalue weighted by Crippen LogP contribution is 2.36. The molecule has 0 aliphatic rings. The summed E-state index contributed by atoms with van der Waals surface area (Å²) in [6, 6.07) is 3.53. The summed E-state index contributed by atoms with van der Waals surface area (Å²) in [6.45, 7) is 11.0. The zero-order valence-corrected chi connectivity index (χ0v) is 14.0. The molecule has 0 bridgehead atoms. The fourth-order valence-electron chi connectivity index (χ4n) is 2.91. The monoisotopic (exact) mass is 303 g/mol. The van der Waals surface area contributed by atoms with Gasteiger partial charge >= 0.3 is 5.97 Å². The third kappa shape index (κ3) is 2.88. The van der Waals surface area contributed by atoms with E-state index < -0.39 is 5.97 Å². The highest BCUT2D eigenvalue weighted by Gasteiger charge is 2.24. The topological polar surface area (TPSA) is 62.5 Å². The van der Waals surface area contributed by atoms with E-state index >= 15 is 0 Å². The summed E-state index contributed by atoms with van der Waals surface area (Å²) in [7, 11) is 0. The Morgan fingerprint density at radius 1 is 1.27 bits per heavy atom. The zero-order chi connectivity index (χ0) is 16.7. The Labute approximate surface area is 131 Å². The molecule has 22 heavy (non-hydrogen) atoms. The van der Waals surface area contributed by atoms with Crippen LogP contribution in [0.4, 0.5) is 0 Å². The molecule has 0 unspecified atom stereocenters. The van der Waals surface area contributed by atoms with Crippen molar-refractivity contribution in [2.75, 3.05) is 6.61 Å². The Balaban J connectivity index is 2.92. The molecular formula is C18H25NO3. The first kappa shape index (κ1) is 16.6. The summed E-state index contributed by atoms with van der Waals surface area (Å²) in [5.74, 6) is -0.615. The van der Waals surface area contributed by atoms with Crippen LogP contribution in [-0.4, -0.2) is 27.4 Å². The second-order valence-electron chi connectivity index (χ2n) is 7.13. The van der Waals surface area contributed by atoms with Gasteiger partial charge in [-0.1, -0.05) is 34.6 Å². The van der Waals surface area contributed by atoms with Crippen molar-refractivity contribution in [1.82, 2.24) is 4.57 Å². The molecule has 0 fully saturated rings. The number of carbonyl (C=O) groups is 1. The molecule has 1 heterocycles. The summed E-state index contributed by atoms with van der Waals surface area (Å²) in [4.78, 5) is 11.5. The van der Waals surface area contributed by atoms with E-state index in [9.17, 15) is 15.0 Å². The predicted octanol–water partition coefficient (Wildman–Crippen LogP) is 3.75. The van der Waals surface area contributed by atoms with E-state index in [1.54, 1.807) is 12.1 Å². The number of hydrogen-bond donors (Lipinski definition) is 2. The van der Waals surface area contributed by atoms with Gasteiger partial charge in [-0.2, -0.15) is 0 Å². The second-order valence-corrected chi connectivity index (χ2v) is 7.13.